The van der Waals surface area contributed by atoms with Crippen LogP contribution >= 0.6 is 11.3 Å². The third-order valence-electron chi connectivity index (χ3n) is 4.07. The Hall–Kier alpha value is -2.93. The molecule has 0 saturated heterocycles. The fourth-order valence-electron chi connectivity index (χ4n) is 2.47. The second-order valence-corrected chi connectivity index (χ2v) is 8.15. The van der Waals surface area contributed by atoms with Crippen LogP contribution in [0.15, 0.2) is 52.5 Å². The maximum absolute atomic E-state index is 12.2. The summed E-state index contributed by atoms with van der Waals surface area (Å²) in [7, 11) is 0. The highest BCUT2D eigenvalue weighted by Gasteiger charge is 2.15. The van der Waals surface area contributed by atoms with Crippen molar-refractivity contribution < 1.29 is 18.7 Å². The average molecular weight is 398 g/mol. The van der Waals surface area contributed by atoms with E-state index in [1.54, 1.807) is 29.8 Å². The average Bonchev–Trinajstić information content (AvgIpc) is 3.35. The van der Waals surface area contributed by atoms with E-state index in [1.165, 1.54) is 11.3 Å². The number of aromatic nitrogens is 1. The number of thiazole rings is 1. The topological polar surface area (TPSA) is 81.4 Å². The van der Waals surface area contributed by atoms with Crippen LogP contribution in [0.4, 0.5) is 0 Å². The number of esters is 1. The molecule has 3 rings (SSSR count). The third-order valence-corrected chi connectivity index (χ3v) is 4.98. The molecule has 0 aliphatic rings. The maximum atomic E-state index is 12.2. The zero-order valence-electron chi connectivity index (χ0n) is 16.0. The van der Waals surface area contributed by atoms with Gasteiger partial charge in [-0.3, -0.25) is 9.59 Å². The predicted octanol–water partition coefficient (Wildman–Crippen LogP) is 4.17. The quantitative estimate of drug-likeness (QED) is 0.630. The summed E-state index contributed by atoms with van der Waals surface area (Å²) in [6.45, 7) is 6.18. The molecule has 0 saturated carbocycles. The molecule has 2 heterocycles. The maximum Gasteiger partial charge on any atom is 0.325 e. The van der Waals surface area contributed by atoms with E-state index < -0.39 is 5.97 Å². The van der Waals surface area contributed by atoms with Crippen molar-refractivity contribution in [3.05, 3.63) is 64.9 Å². The summed E-state index contributed by atoms with van der Waals surface area (Å²) in [6.07, 6.45) is 1.58. The second-order valence-electron chi connectivity index (χ2n) is 7.29. The molecule has 28 heavy (non-hydrogen) atoms. The Labute approximate surface area is 167 Å². The first-order valence-corrected chi connectivity index (χ1v) is 9.73. The zero-order valence-corrected chi connectivity index (χ0v) is 16.8. The monoisotopic (exact) mass is 398 g/mol. The van der Waals surface area contributed by atoms with Gasteiger partial charge in [0.1, 0.15) is 13.2 Å². The lowest BCUT2D eigenvalue weighted by molar-refractivity contribution is -0.143. The van der Waals surface area contributed by atoms with Crippen LogP contribution in [0.2, 0.25) is 0 Å². The van der Waals surface area contributed by atoms with E-state index in [2.05, 4.69) is 31.1 Å². The molecular weight excluding hydrogens is 376 g/mol. The molecule has 0 unspecified atom stereocenters. The van der Waals surface area contributed by atoms with Gasteiger partial charge in [0.25, 0.3) is 5.91 Å². The first kappa shape index (κ1) is 19.8. The van der Waals surface area contributed by atoms with Gasteiger partial charge in [-0.15, -0.1) is 11.3 Å². The molecule has 0 spiro atoms. The standard InChI is InChI=1S/C21H22N2O4S/c1-21(2,3)15-8-6-14(7-9-15)19(25)22-11-18(24)27-12-16-13-28-20(23-16)17-5-4-10-26-17/h4-10,13H,11-12H2,1-3H3,(H,22,25). The summed E-state index contributed by atoms with van der Waals surface area (Å²) in [5.74, 6) is -0.161. The summed E-state index contributed by atoms with van der Waals surface area (Å²) in [5, 5.41) is 5.11. The number of rotatable bonds is 6. The highest BCUT2D eigenvalue weighted by Crippen LogP contribution is 2.24. The van der Waals surface area contributed by atoms with Crippen molar-refractivity contribution >= 4 is 23.2 Å². The summed E-state index contributed by atoms with van der Waals surface area (Å²) >= 11 is 1.41. The lowest BCUT2D eigenvalue weighted by Crippen LogP contribution is -2.30. The Morgan fingerprint density at radius 1 is 1.18 bits per heavy atom. The minimum Gasteiger partial charge on any atom is -0.462 e. The first-order chi connectivity index (χ1) is 13.3. The van der Waals surface area contributed by atoms with Crippen molar-refractivity contribution in [3.8, 4) is 10.8 Å². The van der Waals surface area contributed by atoms with Crippen molar-refractivity contribution in [2.24, 2.45) is 0 Å². The van der Waals surface area contributed by atoms with Crippen molar-refractivity contribution in [2.75, 3.05) is 6.54 Å². The number of hydrogen-bond donors (Lipinski definition) is 1. The van der Waals surface area contributed by atoms with Gasteiger partial charge in [-0.05, 0) is 35.2 Å². The van der Waals surface area contributed by atoms with Crippen molar-refractivity contribution in [1.82, 2.24) is 10.3 Å². The van der Waals surface area contributed by atoms with Crippen LogP contribution in [0.3, 0.4) is 0 Å². The molecule has 146 valence electrons. The van der Waals surface area contributed by atoms with E-state index in [1.807, 2.05) is 18.2 Å². The Bertz CT molecular complexity index is 938. The molecule has 0 atom stereocenters. The summed E-state index contributed by atoms with van der Waals surface area (Å²) < 4.78 is 10.5. The van der Waals surface area contributed by atoms with Gasteiger partial charge in [-0.25, -0.2) is 4.98 Å². The Morgan fingerprint density at radius 2 is 1.93 bits per heavy atom. The Morgan fingerprint density at radius 3 is 2.57 bits per heavy atom. The van der Waals surface area contributed by atoms with Gasteiger partial charge in [-0.1, -0.05) is 32.9 Å². The lowest BCUT2D eigenvalue weighted by Gasteiger charge is -2.19. The summed E-state index contributed by atoms with van der Waals surface area (Å²) in [6, 6.07) is 11.0. The minimum atomic E-state index is -0.521. The van der Waals surface area contributed by atoms with Crippen LogP contribution in [0.1, 0.15) is 42.4 Å². The predicted molar refractivity (Wildman–Crippen MR) is 107 cm³/mol. The number of benzene rings is 1. The van der Waals surface area contributed by atoms with Gasteiger partial charge < -0.3 is 14.5 Å². The molecule has 2 aromatic heterocycles. The molecule has 0 aliphatic carbocycles. The fraction of sp³-hybridized carbons (Fsp3) is 0.286. The van der Waals surface area contributed by atoms with Gasteiger partial charge in [0.15, 0.2) is 10.8 Å². The molecule has 0 bridgehead atoms. The second kappa shape index (κ2) is 8.39. The summed E-state index contributed by atoms with van der Waals surface area (Å²) in [5.41, 5.74) is 2.29. The Kier molecular flexibility index (Phi) is 5.94. The van der Waals surface area contributed by atoms with Gasteiger partial charge in [0, 0.05) is 10.9 Å². The van der Waals surface area contributed by atoms with Gasteiger partial charge >= 0.3 is 5.97 Å². The molecule has 1 amide bonds. The van der Waals surface area contributed by atoms with Gasteiger partial charge in [0.05, 0.1) is 12.0 Å². The van der Waals surface area contributed by atoms with E-state index in [0.717, 1.165) is 10.6 Å². The largest absolute Gasteiger partial charge is 0.462 e. The highest BCUT2D eigenvalue weighted by atomic mass is 32.1. The lowest BCUT2D eigenvalue weighted by atomic mass is 9.87. The van der Waals surface area contributed by atoms with Crippen molar-refractivity contribution in [2.45, 2.75) is 32.8 Å². The van der Waals surface area contributed by atoms with Crippen LogP contribution in [0.25, 0.3) is 10.8 Å². The highest BCUT2D eigenvalue weighted by molar-refractivity contribution is 7.13. The normalized spacial score (nSPS) is 11.2. The summed E-state index contributed by atoms with van der Waals surface area (Å²) in [4.78, 5) is 28.4. The van der Waals surface area contributed by atoms with Crippen molar-refractivity contribution in [3.63, 3.8) is 0 Å². The van der Waals surface area contributed by atoms with Gasteiger partial charge in [0.2, 0.25) is 0 Å². The van der Waals surface area contributed by atoms with Crippen LogP contribution in [0, 0.1) is 0 Å². The van der Waals surface area contributed by atoms with E-state index >= 15 is 0 Å². The first-order valence-electron chi connectivity index (χ1n) is 8.85. The number of amides is 1. The van der Waals surface area contributed by atoms with E-state index in [9.17, 15) is 9.59 Å². The fourth-order valence-corrected chi connectivity index (χ4v) is 3.24. The number of carbonyl (C=O) groups is 2. The number of carbonyl (C=O) groups excluding carboxylic acids is 2. The SMILES string of the molecule is CC(C)(C)c1ccc(C(=O)NCC(=O)OCc2csc(-c3ccco3)n2)cc1. The van der Waals surface area contributed by atoms with Gasteiger partial charge in [-0.2, -0.15) is 0 Å². The van der Waals surface area contributed by atoms with Crippen LogP contribution in [-0.2, 0) is 21.6 Å². The number of nitrogens with one attached hydrogen (secondary N) is 1. The Balaban J connectivity index is 1.46. The third kappa shape index (κ3) is 5.07. The van der Waals surface area contributed by atoms with E-state index in [0.29, 0.717) is 17.0 Å². The van der Waals surface area contributed by atoms with Crippen LogP contribution in [-0.4, -0.2) is 23.4 Å². The number of nitrogens with zero attached hydrogens (tertiary/aromatic N) is 1. The molecule has 0 aliphatic heterocycles. The molecule has 1 N–H and O–H groups in total. The number of hydrogen-bond acceptors (Lipinski definition) is 6. The molecule has 1 aromatic carbocycles. The minimum absolute atomic E-state index is 0.0192. The van der Waals surface area contributed by atoms with Crippen LogP contribution < -0.4 is 5.32 Å². The van der Waals surface area contributed by atoms with Crippen molar-refractivity contribution in [1.29, 1.82) is 0 Å². The molecule has 0 radical (unpaired) electrons. The molecule has 7 heteroatoms. The number of ether oxygens (including phenoxy) is 1. The zero-order chi connectivity index (χ0) is 20.1. The molecule has 6 nitrogen and oxygen atoms in total. The number of furan rings is 1. The molecule has 0 fully saturated rings. The molecule has 3 aromatic rings. The van der Waals surface area contributed by atoms with E-state index in [4.69, 9.17) is 9.15 Å². The van der Waals surface area contributed by atoms with Crippen LogP contribution in [0.5, 0.6) is 0 Å². The van der Waals surface area contributed by atoms with E-state index in [-0.39, 0.29) is 24.5 Å². The molecular formula is C21H22N2O4S. The smallest absolute Gasteiger partial charge is 0.325 e.